The van der Waals surface area contributed by atoms with Crippen LogP contribution in [0.25, 0.3) is 21.0 Å². The Labute approximate surface area is 281 Å². The summed E-state index contributed by atoms with van der Waals surface area (Å²) in [7, 11) is -0.395. The second-order valence-electron chi connectivity index (χ2n) is 14.2. The third-order valence-corrected chi connectivity index (χ3v) is 15.0. The number of oxazole rings is 1. The largest absolute Gasteiger partial charge is 0.496 e. The van der Waals surface area contributed by atoms with E-state index in [4.69, 9.17) is 18.3 Å². The fourth-order valence-corrected chi connectivity index (χ4v) is 7.72. The minimum atomic E-state index is -1.98. The van der Waals surface area contributed by atoms with Gasteiger partial charge in [0.15, 0.2) is 14.1 Å². The Bertz CT molecular complexity index is 1830. The van der Waals surface area contributed by atoms with Crippen LogP contribution in [-0.4, -0.2) is 48.0 Å². The van der Waals surface area contributed by atoms with Gasteiger partial charge in [0, 0.05) is 18.6 Å². The average molecular weight is 684 g/mol. The molecule has 0 N–H and O–H groups in total. The highest BCUT2D eigenvalue weighted by atomic mass is 32.1. The molecule has 4 aromatic rings. The van der Waals surface area contributed by atoms with Crippen molar-refractivity contribution in [3.05, 3.63) is 68.7 Å². The molecule has 47 heavy (non-hydrogen) atoms. The second-order valence-corrected chi connectivity index (χ2v) is 20.0. The monoisotopic (exact) mass is 683 g/mol. The molecule has 1 aromatic carbocycles. The van der Waals surface area contributed by atoms with Gasteiger partial charge < -0.3 is 18.3 Å². The smallest absolute Gasteiger partial charge is 0.333 e. The van der Waals surface area contributed by atoms with Gasteiger partial charge in [0.2, 0.25) is 5.89 Å². The van der Waals surface area contributed by atoms with Crippen LogP contribution in [0.5, 0.6) is 5.75 Å². The first-order chi connectivity index (χ1) is 21.9. The molecular weight excluding hydrogens is 635 g/mol. The zero-order valence-corrected chi connectivity index (χ0v) is 31.4. The number of fused-ring (bicyclic) bond motifs is 1. The average Bonchev–Trinajstić information content (AvgIpc) is 3.64. The number of carbonyl (C=O) groups excluding carboxylic acids is 1. The second kappa shape index (κ2) is 14.0. The van der Waals surface area contributed by atoms with E-state index in [1.807, 2.05) is 45.0 Å². The maximum absolute atomic E-state index is 14.6. The van der Waals surface area contributed by atoms with Crippen LogP contribution in [0.1, 0.15) is 78.5 Å². The number of nitrogens with zero attached hydrogens (tertiary/aromatic N) is 3. The van der Waals surface area contributed by atoms with Gasteiger partial charge in [0.1, 0.15) is 28.5 Å². The lowest BCUT2D eigenvalue weighted by Gasteiger charge is -2.36. The molecule has 0 saturated carbocycles. The van der Waals surface area contributed by atoms with Crippen LogP contribution in [0.3, 0.4) is 0 Å². The quantitative estimate of drug-likeness (QED) is 0.0994. The molecule has 0 radical (unpaired) electrons. The molecule has 12 heteroatoms. The van der Waals surface area contributed by atoms with E-state index in [2.05, 4.69) is 38.8 Å². The Morgan fingerprint density at radius 1 is 1.11 bits per heavy atom. The number of carbonyl (C=O) groups is 1. The predicted octanol–water partition coefficient (Wildman–Crippen LogP) is 7.47. The Hall–Kier alpha value is -3.32. The van der Waals surface area contributed by atoms with Crippen molar-refractivity contribution in [3.63, 3.8) is 0 Å². The van der Waals surface area contributed by atoms with Crippen LogP contribution < -0.4 is 16.0 Å². The van der Waals surface area contributed by atoms with Gasteiger partial charge in [-0.2, -0.15) is 0 Å². The molecule has 1 atom stereocenters. The van der Waals surface area contributed by atoms with Gasteiger partial charge in [0.25, 0.3) is 5.56 Å². The number of rotatable bonds is 14. The number of aromatic nitrogens is 3. The van der Waals surface area contributed by atoms with Gasteiger partial charge in [-0.3, -0.25) is 14.2 Å². The molecule has 0 bridgehead atoms. The molecule has 0 spiro atoms. The van der Waals surface area contributed by atoms with E-state index in [1.54, 1.807) is 25.5 Å². The molecule has 0 aliphatic carbocycles. The van der Waals surface area contributed by atoms with Gasteiger partial charge in [-0.1, -0.05) is 39.0 Å². The number of ketones is 1. The fourth-order valence-electron chi connectivity index (χ4n) is 5.39. The standard InChI is InChI=1S/C35H49N3O7SSi/c1-22(2)45-26(24-15-12-13-16-25(24)42-9)21-37-32-28(23(3)29(46-32)30-36-18-20-43-30)31(40)38(33(37)41)35(7,8)27(39)17-14-19-44-47(10,11)34(4,5)6/h12-13,15-16,18,20,22,26H,14,17,19,21H2,1-11H3/t26-/m0/s1. The van der Waals surface area contributed by atoms with Crippen molar-refractivity contribution in [2.24, 2.45) is 0 Å². The Balaban J connectivity index is 1.85. The lowest BCUT2D eigenvalue weighted by atomic mass is 9.95. The van der Waals surface area contributed by atoms with Gasteiger partial charge >= 0.3 is 5.69 Å². The van der Waals surface area contributed by atoms with E-state index < -0.39 is 31.2 Å². The van der Waals surface area contributed by atoms with E-state index in [0.29, 0.717) is 45.3 Å². The summed E-state index contributed by atoms with van der Waals surface area (Å²) in [4.78, 5) is 48.2. The van der Waals surface area contributed by atoms with Gasteiger partial charge in [-0.05, 0) is 70.8 Å². The molecule has 256 valence electrons. The van der Waals surface area contributed by atoms with Crippen LogP contribution in [0.2, 0.25) is 18.1 Å². The first-order valence-electron chi connectivity index (χ1n) is 16.1. The Morgan fingerprint density at radius 3 is 2.38 bits per heavy atom. The van der Waals surface area contributed by atoms with Crippen LogP contribution in [0, 0.1) is 6.92 Å². The van der Waals surface area contributed by atoms with Crippen molar-refractivity contribution in [1.82, 2.24) is 14.1 Å². The molecule has 10 nitrogen and oxygen atoms in total. The first-order valence-corrected chi connectivity index (χ1v) is 19.8. The minimum absolute atomic E-state index is 0.0490. The Kier molecular flexibility index (Phi) is 10.9. The maximum atomic E-state index is 14.6. The number of Topliss-reactive ketones (excluding diaryl/α,β-unsaturated/α-hetero) is 1. The topological polar surface area (TPSA) is 115 Å². The third-order valence-electron chi connectivity index (χ3n) is 9.17. The summed E-state index contributed by atoms with van der Waals surface area (Å²) in [5.74, 6) is 0.751. The molecule has 0 amide bonds. The number of thiophene rings is 1. The predicted molar refractivity (Wildman–Crippen MR) is 189 cm³/mol. The third kappa shape index (κ3) is 7.40. The highest BCUT2D eigenvalue weighted by Crippen LogP contribution is 2.38. The minimum Gasteiger partial charge on any atom is -0.496 e. The molecule has 3 aromatic heterocycles. The lowest BCUT2D eigenvalue weighted by Crippen LogP contribution is -2.52. The van der Waals surface area contributed by atoms with Gasteiger partial charge in [-0.25, -0.2) is 14.3 Å². The normalized spacial score (nSPS) is 13.4. The summed E-state index contributed by atoms with van der Waals surface area (Å²) in [6.45, 7) is 20.3. The molecule has 3 heterocycles. The summed E-state index contributed by atoms with van der Waals surface area (Å²) >= 11 is 1.26. The van der Waals surface area contributed by atoms with E-state index in [-0.39, 0.29) is 29.9 Å². The van der Waals surface area contributed by atoms with Crippen molar-refractivity contribution in [2.45, 2.75) is 111 Å². The highest BCUT2D eigenvalue weighted by molar-refractivity contribution is 7.22. The van der Waals surface area contributed by atoms with Crippen molar-refractivity contribution in [2.75, 3.05) is 13.7 Å². The lowest BCUT2D eigenvalue weighted by molar-refractivity contribution is -0.126. The van der Waals surface area contributed by atoms with Crippen LogP contribution in [0.15, 0.2) is 50.7 Å². The SMILES string of the molecule is COc1ccccc1[C@H](Cn1c(=O)n(C(C)(C)C(=O)CCCO[Si](C)(C)C(C)(C)C)c(=O)c2c(C)c(-c3ncco3)sc21)OC(C)C. The fraction of sp³-hybridized carbons (Fsp3) is 0.543. The van der Waals surface area contributed by atoms with Crippen LogP contribution >= 0.6 is 11.3 Å². The van der Waals surface area contributed by atoms with Gasteiger partial charge in [-0.15, -0.1) is 11.3 Å². The molecule has 0 unspecified atom stereocenters. The molecule has 4 rings (SSSR count). The number of aryl methyl sites for hydroxylation is 1. The van der Waals surface area contributed by atoms with Crippen molar-refractivity contribution in [3.8, 4) is 16.5 Å². The summed E-state index contributed by atoms with van der Waals surface area (Å²) < 4.78 is 26.6. The summed E-state index contributed by atoms with van der Waals surface area (Å²) in [5.41, 5.74) is -1.16. The number of ether oxygens (including phenoxy) is 2. The van der Waals surface area contributed by atoms with Crippen LogP contribution in [-0.2, 0) is 26.0 Å². The summed E-state index contributed by atoms with van der Waals surface area (Å²) in [5, 5.41) is 0.390. The van der Waals surface area contributed by atoms with E-state index in [0.717, 1.165) is 10.1 Å². The number of para-hydroxylation sites is 1. The molecule has 0 saturated heterocycles. The Morgan fingerprint density at radius 2 is 1.79 bits per heavy atom. The number of benzene rings is 1. The van der Waals surface area contributed by atoms with E-state index in [1.165, 1.54) is 23.8 Å². The summed E-state index contributed by atoms with van der Waals surface area (Å²) in [6.07, 6.45) is 2.88. The summed E-state index contributed by atoms with van der Waals surface area (Å²) in [6, 6.07) is 7.51. The van der Waals surface area contributed by atoms with E-state index in [9.17, 15) is 14.4 Å². The molecule has 0 aliphatic rings. The highest BCUT2D eigenvalue weighted by Gasteiger charge is 2.38. The molecule has 0 fully saturated rings. The zero-order valence-electron chi connectivity index (χ0n) is 29.6. The number of methoxy groups -OCH3 is 1. The number of hydrogen-bond acceptors (Lipinski definition) is 9. The molecular formula is C35H49N3O7SSi. The van der Waals surface area contributed by atoms with Crippen molar-refractivity contribution < 1.29 is 23.1 Å². The zero-order chi connectivity index (χ0) is 34.9. The molecule has 0 aliphatic heterocycles. The van der Waals surface area contributed by atoms with Crippen LogP contribution in [0.4, 0.5) is 0 Å². The van der Waals surface area contributed by atoms with Crippen molar-refractivity contribution in [1.29, 1.82) is 0 Å². The first kappa shape index (κ1) is 36.5. The van der Waals surface area contributed by atoms with E-state index >= 15 is 0 Å². The maximum Gasteiger partial charge on any atom is 0.333 e. The van der Waals surface area contributed by atoms with Gasteiger partial charge in [0.05, 0.1) is 36.2 Å². The number of hydrogen-bond donors (Lipinski definition) is 0. The van der Waals surface area contributed by atoms with Crippen molar-refractivity contribution >= 4 is 35.7 Å².